The molecule has 2 aliphatic rings. The molecule has 1 saturated heterocycles. The van der Waals surface area contributed by atoms with Crippen molar-refractivity contribution in [2.45, 2.75) is 25.8 Å². The van der Waals surface area contributed by atoms with Gasteiger partial charge in [0.25, 0.3) is 5.91 Å². The maximum Gasteiger partial charge on any atom is 0.261 e. The second-order valence-corrected chi connectivity index (χ2v) is 9.20. The molecule has 2 aromatic carbocycles. The molecule has 1 saturated carbocycles. The Bertz CT molecular complexity index is 1280. The summed E-state index contributed by atoms with van der Waals surface area (Å²) >= 11 is 0. The Kier molecular flexibility index (Phi) is 6.10. The maximum atomic E-state index is 15.3. The van der Waals surface area contributed by atoms with Crippen LogP contribution in [0.1, 0.15) is 34.8 Å². The number of amides is 1. The van der Waals surface area contributed by atoms with Gasteiger partial charge >= 0.3 is 0 Å². The molecular formula is C26H29FN4O3. The number of aliphatic hydroxyl groups is 1. The molecule has 2 fully saturated rings. The van der Waals surface area contributed by atoms with Gasteiger partial charge in [-0.2, -0.15) is 0 Å². The molecule has 0 radical (unpaired) electrons. The molecule has 0 spiro atoms. The van der Waals surface area contributed by atoms with Gasteiger partial charge in [0.2, 0.25) is 5.43 Å². The zero-order valence-corrected chi connectivity index (χ0v) is 19.3. The van der Waals surface area contributed by atoms with E-state index in [4.69, 9.17) is 5.11 Å². The van der Waals surface area contributed by atoms with Crippen LogP contribution >= 0.6 is 0 Å². The molecule has 7 nitrogen and oxygen atoms in total. The summed E-state index contributed by atoms with van der Waals surface area (Å²) in [6, 6.07) is 10.6. The van der Waals surface area contributed by atoms with Crippen molar-refractivity contribution in [3.05, 3.63) is 69.8 Å². The smallest absolute Gasteiger partial charge is 0.261 e. The van der Waals surface area contributed by atoms with E-state index in [-0.39, 0.29) is 23.6 Å². The fourth-order valence-electron chi connectivity index (χ4n) is 4.61. The Hall–Kier alpha value is -3.23. The number of hydrogen-bond donors (Lipinski definition) is 2. The number of benzene rings is 2. The molecule has 34 heavy (non-hydrogen) atoms. The molecule has 1 aliphatic heterocycles. The summed E-state index contributed by atoms with van der Waals surface area (Å²) < 4.78 is 17.2. The third-order valence-corrected chi connectivity index (χ3v) is 6.72. The number of nitrogens with zero attached hydrogens (tertiary/aromatic N) is 3. The van der Waals surface area contributed by atoms with E-state index in [1.165, 1.54) is 6.07 Å². The normalized spacial score (nSPS) is 16.7. The monoisotopic (exact) mass is 464 g/mol. The van der Waals surface area contributed by atoms with Crippen molar-refractivity contribution in [1.82, 2.24) is 9.47 Å². The van der Waals surface area contributed by atoms with Crippen LogP contribution in [0.3, 0.4) is 0 Å². The molecule has 1 aromatic heterocycles. The molecule has 0 atom stereocenters. The van der Waals surface area contributed by atoms with Crippen LogP contribution in [0.25, 0.3) is 10.9 Å². The Morgan fingerprint density at radius 3 is 2.47 bits per heavy atom. The van der Waals surface area contributed by atoms with E-state index in [0.29, 0.717) is 36.5 Å². The molecule has 5 rings (SSSR count). The number of anilines is 2. The first kappa shape index (κ1) is 22.6. The third kappa shape index (κ3) is 4.43. The van der Waals surface area contributed by atoms with E-state index in [0.717, 1.165) is 31.5 Å². The van der Waals surface area contributed by atoms with E-state index >= 15 is 4.39 Å². The lowest BCUT2D eigenvalue weighted by Gasteiger charge is -2.36. The molecule has 1 amide bonds. The highest BCUT2D eigenvalue weighted by Crippen LogP contribution is 2.38. The summed E-state index contributed by atoms with van der Waals surface area (Å²) in [5, 5.41) is 12.2. The lowest BCUT2D eigenvalue weighted by atomic mass is 10.1. The predicted molar refractivity (Wildman–Crippen MR) is 131 cm³/mol. The van der Waals surface area contributed by atoms with Crippen LogP contribution in [0, 0.1) is 12.7 Å². The maximum absolute atomic E-state index is 15.3. The van der Waals surface area contributed by atoms with Crippen LogP contribution in [0.5, 0.6) is 0 Å². The van der Waals surface area contributed by atoms with Gasteiger partial charge in [0.1, 0.15) is 11.4 Å². The molecule has 0 bridgehead atoms. The number of rotatable bonds is 6. The van der Waals surface area contributed by atoms with E-state index in [1.54, 1.807) is 24.4 Å². The highest BCUT2D eigenvalue weighted by atomic mass is 19.1. The summed E-state index contributed by atoms with van der Waals surface area (Å²) in [4.78, 5) is 30.4. The molecule has 178 valence electrons. The van der Waals surface area contributed by atoms with Crippen LogP contribution in [0.4, 0.5) is 15.8 Å². The van der Waals surface area contributed by atoms with Crippen LogP contribution in [-0.4, -0.2) is 59.8 Å². The van der Waals surface area contributed by atoms with Crippen molar-refractivity contribution in [2.75, 3.05) is 49.5 Å². The minimum Gasteiger partial charge on any atom is -0.395 e. The predicted octanol–water partition coefficient (Wildman–Crippen LogP) is 3.15. The lowest BCUT2D eigenvalue weighted by molar-refractivity contribution is 0.102. The number of aromatic nitrogens is 1. The molecule has 1 aliphatic carbocycles. The second kappa shape index (κ2) is 9.19. The molecule has 2 N–H and O–H groups in total. The fraction of sp³-hybridized carbons (Fsp3) is 0.385. The second-order valence-electron chi connectivity index (χ2n) is 9.20. The Morgan fingerprint density at radius 1 is 1.12 bits per heavy atom. The van der Waals surface area contributed by atoms with Crippen molar-refractivity contribution in [2.24, 2.45) is 0 Å². The zero-order valence-electron chi connectivity index (χ0n) is 19.3. The largest absolute Gasteiger partial charge is 0.395 e. The number of carbonyl (C=O) groups excluding carboxylic acids is 1. The summed E-state index contributed by atoms with van der Waals surface area (Å²) in [6.07, 6.45) is 3.56. The highest BCUT2D eigenvalue weighted by molar-refractivity contribution is 6.06. The average molecular weight is 465 g/mol. The van der Waals surface area contributed by atoms with Crippen molar-refractivity contribution in [3.8, 4) is 0 Å². The number of pyridine rings is 1. The van der Waals surface area contributed by atoms with Crippen molar-refractivity contribution < 1.29 is 14.3 Å². The number of β-amino-alcohol motifs (C(OH)–C–C–N with tert-alkyl or cyclic N) is 1. The first-order valence-electron chi connectivity index (χ1n) is 11.8. The van der Waals surface area contributed by atoms with Crippen molar-refractivity contribution in [1.29, 1.82) is 0 Å². The lowest BCUT2D eigenvalue weighted by Crippen LogP contribution is -2.47. The van der Waals surface area contributed by atoms with Crippen molar-refractivity contribution >= 4 is 28.2 Å². The van der Waals surface area contributed by atoms with Crippen LogP contribution in [0.15, 0.2) is 47.4 Å². The van der Waals surface area contributed by atoms with Gasteiger partial charge in [-0.15, -0.1) is 0 Å². The first-order valence-corrected chi connectivity index (χ1v) is 11.8. The van der Waals surface area contributed by atoms with Crippen LogP contribution < -0.4 is 15.6 Å². The molecule has 0 unspecified atom stereocenters. The van der Waals surface area contributed by atoms with E-state index in [2.05, 4.69) is 10.2 Å². The quantitative estimate of drug-likeness (QED) is 0.586. The Balaban J connectivity index is 1.50. The van der Waals surface area contributed by atoms with Gasteiger partial charge in [0.05, 0.1) is 17.8 Å². The number of piperazine rings is 1. The van der Waals surface area contributed by atoms with Gasteiger partial charge in [-0.05, 0) is 44.0 Å². The minimum atomic E-state index is -0.491. The highest BCUT2D eigenvalue weighted by Gasteiger charge is 2.28. The number of aryl methyl sites for hydroxylation is 1. The summed E-state index contributed by atoms with van der Waals surface area (Å²) in [5.41, 5.74) is 2.37. The Morgan fingerprint density at radius 2 is 1.82 bits per heavy atom. The first-order chi connectivity index (χ1) is 16.4. The number of fused-ring (bicyclic) bond motifs is 1. The van der Waals surface area contributed by atoms with Crippen molar-refractivity contribution in [3.63, 3.8) is 0 Å². The minimum absolute atomic E-state index is 0.0183. The fourth-order valence-corrected chi connectivity index (χ4v) is 4.61. The number of nitrogens with one attached hydrogen (secondary N) is 1. The standard InChI is InChI=1S/C26H29FN4O3/c1-17-2-4-18(5-3-17)28-26(34)21-16-31(19-6-7-19)23-15-24(22(27)14-20(23)25(21)33)30-10-8-29(9-11-30)12-13-32/h2-5,14-16,19,32H,6-13H2,1H3,(H,28,34). The van der Waals surface area contributed by atoms with Gasteiger partial charge in [0, 0.05) is 56.0 Å². The molecule has 8 heteroatoms. The number of halogens is 1. The van der Waals surface area contributed by atoms with Gasteiger partial charge in [0.15, 0.2) is 0 Å². The number of hydrogen-bond acceptors (Lipinski definition) is 5. The molecule has 2 heterocycles. The van der Waals surface area contributed by atoms with Gasteiger partial charge in [-0.25, -0.2) is 4.39 Å². The van der Waals surface area contributed by atoms with Crippen LogP contribution in [0.2, 0.25) is 0 Å². The molecular weight excluding hydrogens is 435 g/mol. The van der Waals surface area contributed by atoms with Gasteiger partial charge in [-0.3, -0.25) is 14.5 Å². The van der Waals surface area contributed by atoms with E-state index in [1.807, 2.05) is 28.5 Å². The van der Waals surface area contributed by atoms with Crippen LogP contribution in [-0.2, 0) is 0 Å². The summed E-state index contributed by atoms with van der Waals surface area (Å²) in [5.74, 6) is -0.951. The van der Waals surface area contributed by atoms with Gasteiger partial charge < -0.3 is 19.9 Å². The van der Waals surface area contributed by atoms with E-state index in [9.17, 15) is 9.59 Å². The average Bonchev–Trinajstić information content (AvgIpc) is 3.67. The third-order valence-electron chi connectivity index (χ3n) is 6.72. The SMILES string of the molecule is Cc1ccc(NC(=O)c2cn(C3CC3)c3cc(N4CCN(CCO)CC4)c(F)cc3c2=O)cc1. The summed E-state index contributed by atoms with van der Waals surface area (Å²) in [6.45, 7) is 5.46. The van der Waals surface area contributed by atoms with Gasteiger partial charge in [-0.1, -0.05) is 17.7 Å². The Labute approximate surface area is 197 Å². The number of carbonyl (C=O) groups is 1. The zero-order chi connectivity index (χ0) is 23.8. The summed E-state index contributed by atoms with van der Waals surface area (Å²) in [7, 11) is 0. The molecule has 3 aromatic rings. The number of aliphatic hydroxyl groups excluding tert-OH is 1. The topological polar surface area (TPSA) is 77.8 Å². The van der Waals surface area contributed by atoms with E-state index < -0.39 is 17.2 Å².